The summed E-state index contributed by atoms with van der Waals surface area (Å²) in [5.41, 5.74) is 2.05. The van der Waals surface area contributed by atoms with Gasteiger partial charge in [-0.25, -0.2) is 13.2 Å². The Morgan fingerprint density at radius 2 is 1.90 bits per heavy atom. The van der Waals surface area contributed by atoms with E-state index in [2.05, 4.69) is 5.32 Å². The Morgan fingerprint density at radius 3 is 2.69 bits per heavy atom. The van der Waals surface area contributed by atoms with Crippen LogP contribution in [0.5, 0.6) is 0 Å². The maximum atomic E-state index is 12.7. The highest BCUT2D eigenvalue weighted by atomic mass is 32.2. The molecule has 0 saturated heterocycles. The van der Waals surface area contributed by atoms with Gasteiger partial charge in [0.25, 0.3) is 5.91 Å². The molecule has 0 unspecified atom stereocenters. The third-order valence-corrected chi connectivity index (χ3v) is 7.40. The molecule has 0 fully saturated rings. The van der Waals surface area contributed by atoms with Gasteiger partial charge < -0.3 is 10.1 Å². The van der Waals surface area contributed by atoms with E-state index in [1.54, 1.807) is 61.5 Å². The Labute approximate surface area is 172 Å². The Bertz CT molecular complexity index is 1230. The van der Waals surface area contributed by atoms with Crippen LogP contribution in [0, 0.1) is 0 Å². The van der Waals surface area contributed by atoms with Crippen LogP contribution in [-0.2, 0) is 20.3 Å². The van der Waals surface area contributed by atoms with Crippen molar-refractivity contribution in [3.63, 3.8) is 0 Å². The van der Waals surface area contributed by atoms with E-state index in [4.69, 9.17) is 4.74 Å². The van der Waals surface area contributed by atoms with Crippen molar-refractivity contribution in [2.45, 2.75) is 17.6 Å². The zero-order chi connectivity index (χ0) is 20.6. The van der Waals surface area contributed by atoms with Crippen molar-refractivity contribution < 1.29 is 22.7 Å². The standard InChI is InChI=1S/C21H17NO5S2/c1-2-27-21(24)13-6-5-7-15(10-13)22-20(23)17-11-14-12-29(25,26)18-9-4-3-8-16(18)19(14)28-17/h3-11H,2,12H2,1H3,(H,22,23). The van der Waals surface area contributed by atoms with Gasteiger partial charge in [-0.15, -0.1) is 11.3 Å². The normalized spacial score (nSPS) is 13.8. The van der Waals surface area contributed by atoms with E-state index in [0.29, 0.717) is 32.2 Å². The molecule has 0 spiro atoms. The number of carbonyl (C=O) groups excluding carboxylic acids is 2. The lowest BCUT2D eigenvalue weighted by molar-refractivity contribution is 0.0526. The number of amides is 1. The van der Waals surface area contributed by atoms with E-state index >= 15 is 0 Å². The molecule has 4 rings (SSSR count). The van der Waals surface area contributed by atoms with Crippen molar-refractivity contribution in [1.29, 1.82) is 0 Å². The van der Waals surface area contributed by atoms with Gasteiger partial charge in [-0.2, -0.15) is 0 Å². The minimum atomic E-state index is -3.42. The van der Waals surface area contributed by atoms with Gasteiger partial charge in [-0.05, 0) is 42.8 Å². The monoisotopic (exact) mass is 427 g/mol. The summed E-state index contributed by atoms with van der Waals surface area (Å²) < 4.78 is 30.0. The Kier molecular flexibility index (Phi) is 4.97. The number of hydrogen-bond acceptors (Lipinski definition) is 6. The molecule has 3 aromatic rings. The molecule has 0 saturated carbocycles. The second-order valence-corrected chi connectivity index (χ2v) is 9.49. The van der Waals surface area contributed by atoms with E-state index in [0.717, 1.165) is 4.88 Å². The predicted octanol–water partition coefficient (Wildman–Crippen LogP) is 4.13. The predicted molar refractivity (Wildman–Crippen MR) is 111 cm³/mol. The van der Waals surface area contributed by atoms with Gasteiger partial charge in [0.15, 0.2) is 9.84 Å². The molecule has 0 aliphatic carbocycles. The number of esters is 1. The zero-order valence-corrected chi connectivity index (χ0v) is 17.1. The molecule has 0 bridgehead atoms. The molecule has 0 atom stereocenters. The number of ether oxygens (including phenoxy) is 1. The van der Waals surface area contributed by atoms with Crippen LogP contribution < -0.4 is 5.32 Å². The summed E-state index contributed by atoms with van der Waals surface area (Å²) in [4.78, 5) is 26.1. The van der Waals surface area contributed by atoms with Gasteiger partial charge >= 0.3 is 5.97 Å². The first kappa shape index (κ1) is 19.4. The summed E-state index contributed by atoms with van der Waals surface area (Å²) in [6.07, 6.45) is 0. The summed E-state index contributed by atoms with van der Waals surface area (Å²) in [6.45, 7) is 1.99. The first-order valence-electron chi connectivity index (χ1n) is 8.92. The first-order chi connectivity index (χ1) is 13.9. The molecule has 8 heteroatoms. The minimum Gasteiger partial charge on any atom is -0.462 e. The van der Waals surface area contributed by atoms with Gasteiger partial charge in [0.1, 0.15) is 0 Å². The molecule has 6 nitrogen and oxygen atoms in total. The zero-order valence-electron chi connectivity index (χ0n) is 15.5. The number of sulfone groups is 1. The number of anilines is 1. The number of hydrogen-bond donors (Lipinski definition) is 1. The molecule has 2 heterocycles. The molecule has 148 valence electrons. The van der Waals surface area contributed by atoms with Crippen LogP contribution in [0.3, 0.4) is 0 Å². The van der Waals surface area contributed by atoms with Crippen molar-refractivity contribution in [3.05, 3.63) is 70.6 Å². The topological polar surface area (TPSA) is 89.5 Å². The average Bonchev–Trinajstić information content (AvgIpc) is 3.12. The molecule has 2 aromatic carbocycles. The fraction of sp³-hybridized carbons (Fsp3) is 0.143. The second kappa shape index (κ2) is 7.46. The Hall–Kier alpha value is -2.97. The van der Waals surface area contributed by atoms with E-state index in [-0.39, 0.29) is 18.3 Å². The smallest absolute Gasteiger partial charge is 0.338 e. The number of thiophene rings is 1. The van der Waals surface area contributed by atoms with Gasteiger partial charge in [-0.3, -0.25) is 4.79 Å². The fourth-order valence-corrected chi connectivity index (χ4v) is 6.07. The maximum Gasteiger partial charge on any atom is 0.338 e. The van der Waals surface area contributed by atoms with Crippen LogP contribution in [0.4, 0.5) is 5.69 Å². The number of rotatable bonds is 4. The number of benzene rings is 2. The van der Waals surface area contributed by atoms with Crippen LogP contribution in [0.15, 0.2) is 59.5 Å². The highest BCUT2D eigenvalue weighted by Crippen LogP contribution is 2.42. The van der Waals surface area contributed by atoms with Gasteiger partial charge in [0.05, 0.1) is 27.7 Å². The second-order valence-electron chi connectivity index (χ2n) is 6.48. The van der Waals surface area contributed by atoms with Gasteiger partial charge in [-0.1, -0.05) is 24.3 Å². The summed E-state index contributed by atoms with van der Waals surface area (Å²) >= 11 is 1.26. The van der Waals surface area contributed by atoms with Crippen LogP contribution in [0.1, 0.15) is 32.5 Å². The van der Waals surface area contributed by atoms with E-state index in [9.17, 15) is 18.0 Å². The molecule has 1 aliphatic rings. The first-order valence-corrected chi connectivity index (χ1v) is 11.4. The minimum absolute atomic E-state index is 0.124. The summed E-state index contributed by atoms with van der Waals surface area (Å²) in [5, 5.41) is 2.76. The molecule has 1 aliphatic heterocycles. The summed E-state index contributed by atoms with van der Waals surface area (Å²) in [6, 6.07) is 14.9. The van der Waals surface area contributed by atoms with Gasteiger partial charge in [0, 0.05) is 16.1 Å². The fourth-order valence-electron chi connectivity index (χ4n) is 3.21. The lowest BCUT2D eigenvalue weighted by atomic mass is 10.1. The summed E-state index contributed by atoms with van der Waals surface area (Å²) in [5.74, 6) is -0.945. The number of carbonyl (C=O) groups is 2. The van der Waals surface area contributed by atoms with Crippen LogP contribution in [0.25, 0.3) is 10.4 Å². The largest absolute Gasteiger partial charge is 0.462 e. The van der Waals surface area contributed by atoms with Crippen molar-refractivity contribution in [2.24, 2.45) is 0 Å². The molecule has 1 N–H and O–H groups in total. The third kappa shape index (κ3) is 3.68. The summed E-state index contributed by atoms with van der Waals surface area (Å²) in [7, 11) is -3.42. The molecule has 0 radical (unpaired) electrons. The lowest BCUT2D eigenvalue weighted by Crippen LogP contribution is -2.12. The highest BCUT2D eigenvalue weighted by Gasteiger charge is 2.30. The van der Waals surface area contributed by atoms with E-state index in [1.165, 1.54) is 11.3 Å². The highest BCUT2D eigenvalue weighted by molar-refractivity contribution is 7.91. The van der Waals surface area contributed by atoms with Gasteiger partial charge in [0.2, 0.25) is 0 Å². The van der Waals surface area contributed by atoms with E-state index in [1.807, 2.05) is 0 Å². The average molecular weight is 428 g/mol. The van der Waals surface area contributed by atoms with Crippen LogP contribution >= 0.6 is 11.3 Å². The molecule has 29 heavy (non-hydrogen) atoms. The lowest BCUT2D eigenvalue weighted by Gasteiger charge is -2.15. The van der Waals surface area contributed by atoms with Crippen LogP contribution in [-0.4, -0.2) is 26.9 Å². The number of nitrogens with one attached hydrogen (secondary N) is 1. The van der Waals surface area contributed by atoms with E-state index < -0.39 is 15.8 Å². The molecular formula is C21H17NO5S2. The quantitative estimate of drug-likeness (QED) is 0.633. The Balaban J connectivity index is 1.62. The molecular weight excluding hydrogens is 410 g/mol. The molecule has 1 aromatic heterocycles. The van der Waals surface area contributed by atoms with Crippen molar-refractivity contribution in [1.82, 2.24) is 0 Å². The Morgan fingerprint density at radius 1 is 1.10 bits per heavy atom. The van der Waals surface area contributed by atoms with Crippen molar-refractivity contribution >= 4 is 38.7 Å². The molecule has 1 amide bonds. The number of fused-ring (bicyclic) bond motifs is 3. The van der Waals surface area contributed by atoms with Crippen LogP contribution in [0.2, 0.25) is 0 Å². The van der Waals surface area contributed by atoms with Crippen molar-refractivity contribution in [3.8, 4) is 10.4 Å². The SMILES string of the molecule is CCOC(=O)c1cccc(NC(=O)c2cc3c(s2)-c2ccccc2S(=O)(=O)C3)c1. The third-order valence-electron chi connectivity index (χ3n) is 4.48. The maximum absolute atomic E-state index is 12.7. The van der Waals surface area contributed by atoms with Crippen molar-refractivity contribution in [2.75, 3.05) is 11.9 Å².